The Kier molecular flexibility index (Phi) is 5.24. The molecule has 1 aliphatic rings. The summed E-state index contributed by atoms with van der Waals surface area (Å²) in [5.41, 5.74) is 0.680. The van der Waals surface area contributed by atoms with Crippen LogP contribution in [0.3, 0.4) is 0 Å². The Morgan fingerprint density at radius 2 is 2.25 bits per heavy atom. The molecule has 1 saturated heterocycles. The van der Waals surface area contributed by atoms with Gasteiger partial charge in [-0.3, -0.25) is 4.79 Å². The summed E-state index contributed by atoms with van der Waals surface area (Å²) in [4.78, 5) is 23.0. The van der Waals surface area contributed by atoms with Gasteiger partial charge >= 0.3 is 0 Å². The number of ether oxygens (including phenoxy) is 1. The van der Waals surface area contributed by atoms with Gasteiger partial charge in [-0.15, -0.1) is 0 Å². The van der Waals surface area contributed by atoms with Gasteiger partial charge in [0.2, 0.25) is 5.91 Å². The molecule has 1 fully saturated rings. The first-order chi connectivity index (χ1) is 11.7. The van der Waals surface area contributed by atoms with E-state index >= 15 is 0 Å². The van der Waals surface area contributed by atoms with E-state index in [-0.39, 0.29) is 18.6 Å². The van der Waals surface area contributed by atoms with E-state index in [1.165, 1.54) is 6.33 Å². The lowest BCUT2D eigenvalue weighted by atomic mass is 10.2. The number of aromatic nitrogens is 4. The van der Waals surface area contributed by atoms with Gasteiger partial charge in [0.1, 0.15) is 18.7 Å². The van der Waals surface area contributed by atoms with E-state index in [1.807, 2.05) is 0 Å². The van der Waals surface area contributed by atoms with Gasteiger partial charge in [-0.1, -0.05) is 0 Å². The van der Waals surface area contributed by atoms with Gasteiger partial charge < -0.3 is 15.0 Å². The minimum absolute atomic E-state index is 0.0847. The molecule has 0 spiro atoms. The summed E-state index contributed by atoms with van der Waals surface area (Å²) in [7, 11) is 0. The van der Waals surface area contributed by atoms with E-state index in [0.717, 1.165) is 43.7 Å². The van der Waals surface area contributed by atoms with Crippen molar-refractivity contribution < 1.29 is 9.53 Å². The molecular formula is C16H24N6O2. The van der Waals surface area contributed by atoms with Gasteiger partial charge in [0.05, 0.1) is 17.7 Å². The second-order valence-corrected chi connectivity index (χ2v) is 5.85. The number of anilines is 1. The SMILES string of the molecule is CCN(CC)c1ncnc2c1cnn2CC(=O)NCC1CCCO1. The second kappa shape index (κ2) is 7.57. The van der Waals surface area contributed by atoms with Crippen LogP contribution in [0.25, 0.3) is 11.0 Å². The molecule has 3 heterocycles. The summed E-state index contributed by atoms with van der Waals surface area (Å²) < 4.78 is 7.13. The van der Waals surface area contributed by atoms with Crippen LogP contribution in [0.4, 0.5) is 5.82 Å². The first-order valence-corrected chi connectivity index (χ1v) is 8.52. The molecule has 2 aromatic heterocycles. The zero-order valence-electron chi connectivity index (χ0n) is 14.2. The van der Waals surface area contributed by atoms with Gasteiger partial charge in [0.25, 0.3) is 0 Å². The number of nitrogens with zero attached hydrogens (tertiary/aromatic N) is 5. The molecule has 8 nitrogen and oxygen atoms in total. The predicted octanol–water partition coefficient (Wildman–Crippen LogP) is 0.968. The maximum Gasteiger partial charge on any atom is 0.241 e. The highest BCUT2D eigenvalue weighted by molar-refractivity contribution is 5.87. The fourth-order valence-corrected chi connectivity index (χ4v) is 3.00. The van der Waals surface area contributed by atoms with Crippen molar-refractivity contribution in [2.75, 3.05) is 31.1 Å². The summed E-state index contributed by atoms with van der Waals surface area (Å²) in [6, 6.07) is 0. The van der Waals surface area contributed by atoms with Crippen molar-refractivity contribution in [3.63, 3.8) is 0 Å². The number of amides is 1. The lowest BCUT2D eigenvalue weighted by molar-refractivity contribution is -0.122. The number of rotatable bonds is 7. The topological polar surface area (TPSA) is 85.2 Å². The Labute approximate surface area is 141 Å². The van der Waals surface area contributed by atoms with Crippen LogP contribution in [0.2, 0.25) is 0 Å². The third-order valence-corrected chi connectivity index (χ3v) is 4.32. The molecule has 8 heteroatoms. The van der Waals surface area contributed by atoms with Crippen molar-refractivity contribution in [1.82, 2.24) is 25.1 Å². The summed E-state index contributed by atoms with van der Waals surface area (Å²) in [5.74, 6) is 0.773. The summed E-state index contributed by atoms with van der Waals surface area (Å²) >= 11 is 0. The molecule has 0 aliphatic carbocycles. The van der Waals surface area contributed by atoms with Gasteiger partial charge in [-0.2, -0.15) is 5.10 Å². The van der Waals surface area contributed by atoms with Crippen LogP contribution in [-0.4, -0.2) is 58.0 Å². The number of hydrogen-bond donors (Lipinski definition) is 1. The molecular weight excluding hydrogens is 308 g/mol. The molecule has 1 unspecified atom stereocenters. The zero-order valence-corrected chi connectivity index (χ0v) is 14.2. The maximum absolute atomic E-state index is 12.2. The second-order valence-electron chi connectivity index (χ2n) is 5.85. The smallest absolute Gasteiger partial charge is 0.241 e. The van der Waals surface area contributed by atoms with Gasteiger partial charge in [0.15, 0.2) is 5.65 Å². The largest absolute Gasteiger partial charge is 0.376 e. The predicted molar refractivity (Wildman–Crippen MR) is 90.9 cm³/mol. The third-order valence-electron chi connectivity index (χ3n) is 4.32. The van der Waals surface area contributed by atoms with Crippen LogP contribution in [0.1, 0.15) is 26.7 Å². The number of carbonyl (C=O) groups excluding carboxylic acids is 1. The first kappa shape index (κ1) is 16.6. The summed E-state index contributed by atoms with van der Waals surface area (Å²) in [6.07, 6.45) is 5.47. The van der Waals surface area contributed by atoms with Crippen molar-refractivity contribution in [3.8, 4) is 0 Å². The van der Waals surface area contributed by atoms with Crippen LogP contribution < -0.4 is 10.2 Å². The molecule has 1 amide bonds. The maximum atomic E-state index is 12.2. The van der Waals surface area contributed by atoms with E-state index < -0.39 is 0 Å². The van der Waals surface area contributed by atoms with Crippen LogP contribution in [0.15, 0.2) is 12.5 Å². The minimum Gasteiger partial charge on any atom is -0.376 e. The van der Waals surface area contributed by atoms with Crippen LogP contribution in [0.5, 0.6) is 0 Å². The van der Waals surface area contributed by atoms with Gasteiger partial charge in [-0.05, 0) is 26.7 Å². The monoisotopic (exact) mass is 332 g/mol. The van der Waals surface area contributed by atoms with E-state index in [2.05, 4.69) is 39.1 Å². The Hall–Kier alpha value is -2.22. The first-order valence-electron chi connectivity index (χ1n) is 8.52. The van der Waals surface area contributed by atoms with E-state index in [1.54, 1.807) is 10.9 Å². The Morgan fingerprint density at radius 3 is 2.96 bits per heavy atom. The Morgan fingerprint density at radius 1 is 1.42 bits per heavy atom. The van der Waals surface area contributed by atoms with Crippen molar-refractivity contribution in [2.45, 2.75) is 39.3 Å². The number of hydrogen-bond acceptors (Lipinski definition) is 6. The standard InChI is InChI=1S/C16H24N6O2/c1-3-21(4-2)15-13-9-20-22(16(13)19-11-18-15)10-14(23)17-8-12-6-5-7-24-12/h9,11-12H,3-8,10H2,1-2H3,(H,17,23). The van der Waals surface area contributed by atoms with Crippen LogP contribution in [0, 0.1) is 0 Å². The lowest BCUT2D eigenvalue weighted by Gasteiger charge is -2.19. The average molecular weight is 332 g/mol. The van der Waals surface area contributed by atoms with Crippen molar-refractivity contribution >= 4 is 22.8 Å². The molecule has 1 N–H and O–H groups in total. The lowest BCUT2D eigenvalue weighted by Crippen LogP contribution is -2.34. The Balaban J connectivity index is 1.70. The fourth-order valence-electron chi connectivity index (χ4n) is 3.00. The molecule has 0 radical (unpaired) electrons. The van der Waals surface area contributed by atoms with Crippen molar-refractivity contribution in [1.29, 1.82) is 0 Å². The van der Waals surface area contributed by atoms with Gasteiger partial charge in [0, 0.05) is 26.2 Å². The molecule has 0 aromatic carbocycles. The molecule has 3 rings (SSSR count). The summed E-state index contributed by atoms with van der Waals surface area (Å²) in [6.45, 7) is 7.37. The van der Waals surface area contributed by atoms with Crippen LogP contribution >= 0.6 is 0 Å². The summed E-state index contributed by atoms with van der Waals surface area (Å²) in [5, 5.41) is 8.10. The molecule has 1 aliphatic heterocycles. The molecule has 0 saturated carbocycles. The van der Waals surface area contributed by atoms with Crippen molar-refractivity contribution in [2.24, 2.45) is 0 Å². The highest BCUT2D eigenvalue weighted by Crippen LogP contribution is 2.22. The van der Waals surface area contributed by atoms with Crippen LogP contribution in [-0.2, 0) is 16.1 Å². The quantitative estimate of drug-likeness (QED) is 0.813. The highest BCUT2D eigenvalue weighted by Gasteiger charge is 2.18. The molecule has 130 valence electrons. The number of fused-ring (bicyclic) bond motifs is 1. The third kappa shape index (κ3) is 3.48. The number of nitrogens with one attached hydrogen (secondary N) is 1. The number of carbonyl (C=O) groups is 1. The minimum atomic E-state index is -0.0847. The Bertz CT molecular complexity index is 691. The van der Waals surface area contributed by atoms with E-state index in [0.29, 0.717) is 12.2 Å². The van der Waals surface area contributed by atoms with E-state index in [4.69, 9.17) is 4.74 Å². The normalized spacial score (nSPS) is 17.3. The molecule has 2 aromatic rings. The molecule has 0 bridgehead atoms. The molecule has 1 atom stereocenters. The van der Waals surface area contributed by atoms with Crippen molar-refractivity contribution in [3.05, 3.63) is 12.5 Å². The highest BCUT2D eigenvalue weighted by atomic mass is 16.5. The molecule has 24 heavy (non-hydrogen) atoms. The van der Waals surface area contributed by atoms with E-state index in [9.17, 15) is 4.79 Å². The average Bonchev–Trinajstić information content (AvgIpc) is 3.25. The fraction of sp³-hybridized carbons (Fsp3) is 0.625. The van der Waals surface area contributed by atoms with Gasteiger partial charge in [-0.25, -0.2) is 14.6 Å². The zero-order chi connectivity index (χ0) is 16.9.